The Hall–Kier alpha value is -0.650. The molecule has 1 aromatic heterocycles. The Morgan fingerprint density at radius 3 is 2.70 bits per heavy atom. The molecule has 3 rings (SSSR count). The summed E-state index contributed by atoms with van der Waals surface area (Å²) in [6, 6.07) is 7.54. The molecule has 20 heavy (non-hydrogen) atoms. The Labute approximate surface area is 138 Å². The van der Waals surface area contributed by atoms with Crippen molar-refractivity contribution in [3.63, 3.8) is 0 Å². The number of thiophene rings is 1. The maximum Gasteiger partial charge on any atom is 0.195 e. The minimum atomic E-state index is -0.0436. The third-order valence-electron chi connectivity index (χ3n) is 3.46. The highest BCUT2D eigenvalue weighted by Gasteiger charge is 2.32. The first-order valence-electron chi connectivity index (χ1n) is 6.15. The Morgan fingerprint density at radius 1 is 1.30 bits per heavy atom. The van der Waals surface area contributed by atoms with Crippen LogP contribution in [0.4, 0.5) is 0 Å². The summed E-state index contributed by atoms with van der Waals surface area (Å²) in [5.41, 5.74) is 2.46. The molecule has 1 aliphatic heterocycles. The number of ether oxygens (including phenoxy) is 1. The molecule has 0 atom stereocenters. The number of fused-ring (bicyclic) bond motifs is 1. The predicted octanol–water partition coefficient (Wildman–Crippen LogP) is 5.17. The molecule has 0 N–H and O–H groups in total. The van der Waals surface area contributed by atoms with Gasteiger partial charge in [-0.15, -0.1) is 11.3 Å². The monoisotopic (exact) mass is 414 g/mol. The van der Waals surface area contributed by atoms with Crippen LogP contribution < -0.4 is 4.74 Å². The van der Waals surface area contributed by atoms with Gasteiger partial charge in [0.1, 0.15) is 5.75 Å². The number of hydrogen-bond donors (Lipinski definition) is 0. The smallest absolute Gasteiger partial charge is 0.195 e. The van der Waals surface area contributed by atoms with Crippen LogP contribution in [-0.4, -0.2) is 12.4 Å². The molecule has 0 unspecified atom stereocenters. The second kappa shape index (κ2) is 4.97. The molecular weight excluding hydrogens is 404 g/mol. The fraction of sp³-hybridized carbons (Fsp3) is 0.267. The Morgan fingerprint density at radius 2 is 2.05 bits per heavy atom. The molecule has 104 valence electrons. The quantitative estimate of drug-likeness (QED) is 0.632. The molecule has 2 nitrogen and oxygen atoms in total. The summed E-state index contributed by atoms with van der Waals surface area (Å²) >= 11 is 8.36. The van der Waals surface area contributed by atoms with Crippen molar-refractivity contribution in [1.82, 2.24) is 0 Å². The van der Waals surface area contributed by atoms with Gasteiger partial charge in [-0.2, -0.15) is 0 Å². The zero-order chi connectivity index (χ0) is 14.5. The van der Waals surface area contributed by atoms with Gasteiger partial charge >= 0.3 is 0 Å². The highest BCUT2D eigenvalue weighted by atomic mass is 79.9. The van der Waals surface area contributed by atoms with E-state index >= 15 is 0 Å². The van der Waals surface area contributed by atoms with E-state index in [2.05, 4.69) is 45.7 Å². The number of carbonyl (C=O) groups excluding carboxylic acids is 1. The summed E-state index contributed by atoms with van der Waals surface area (Å²) in [6.45, 7) is 4.92. The minimum Gasteiger partial charge on any atom is -0.492 e. The van der Waals surface area contributed by atoms with Crippen LogP contribution in [0.1, 0.15) is 35.3 Å². The highest BCUT2D eigenvalue weighted by molar-refractivity contribution is 9.12. The lowest BCUT2D eigenvalue weighted by atomic mass is 9.85. The summed E-state index contributed by atoms with van der Waals surface area (Å²) in [5, 5.41) is 0. The molecule has 0 amide bonds. The van der Waals surface area contributed by atoms with E-state index in [1.165, 1.54) is 11.3 Å². The van der Waals surface area contributed by atoms with Gasteiger partial charge < -0.3 is 4.74 Å². The van der Waals surface area contributed by atoms with Crippen molar-refractivity contribution >= 4 is 49.0 Å². The molecule has 0 saturated heterocycles. The second-order valence-corrected chi connectivity index (χ2v) is 9.20. The van der Waals surface area contributed by atoms with Gasteiger partial charge in [0.25, 0.3) is 0 Å². The van der Waals surface area contributed by atoms with Gasteiger partial charge in [0.15, 0.2) is 5.78 Å². The normalized spacial score (nSPS) is 15.8. The summed E-state index contributed by atoms with van der Waals surface area (Å²) in [4.78, 5) is 12.6. The van der Waals surface area contributed by atoms with Crippen LogP contribution in [0, 0.1) is 0 Å². The molecule has 5 heteroatoms. The number of rotatable bonds is 2. The van der Waals surface area contributed by atoms with Crippen molar-refractivity contribution in [2.24, 2.45) is 0 Å². The van der Waals surface area contributed by atoms with Gasteiger partial charge in [0, 0.05) is 22.1 Å². The third-order valence-corrected chi connectivity index (χ3v) is 5.80. The van der Waals surface area contributed by atoms with Crippen molar-refractivity contribution in [3.05, 3.63) is 48.5 Å². The molecule has 2 aromatic rings. The predicted molar refractivity (Wildman–Crippen MR) is 88.1 cm³/mol. The highest BCUT2D eigenvalue weighted by Crippen LogP contribution is 2.40. The van der Waals surface area contributed by atoms with Crippen LogP contribution in [0.2, 0.25) is 0 Å². The molecule has 0 radical (unpaired) electrons. The van der Waals surface area contributed by atoms with Crippen molar-refractivity contribution in [1.29, 1.82) is 0 Å². The zero-order valence-electron chi connectivity index (χ0n) is 11.0. The fourth-order valence-corrected chi connectivity index (χ4v) is 5.11. The SMILES string of the molecule is CC1(C)COc2ccc(C(=O)c3cc(Br)sc3Br)cc21. The topological polar surface area (TPSA) is 26.3 Å². The average molecular weight is 416 g/mol. The van der Waals surface area contributed by atoms with Gasteiger partial charge in [-0.1, -0.05) is 13.8 Å². The average Bonchev–Trinajstić information content (AvgIpc) is 2.88. The molecule has 0 spiro atoms. The van der Waals surface area contributed by atoms with Crippen LogP contribution in [0.3, 0.4) is 0 Å². The summed E-state index contributed by atoms with van der Waals surface area (Å²) in [7, 11) is 0. The van der Waals surface area contributed by atoms with Gasteiger partial charge in [-0.05, 0) is 56.1 Å². The standard InChI is InChI=1S/C15H12Br2O2S/c1-15(2)7-19-11-4-3-8(5-10(11)15)13(18)9-6-12(16)20-14(9)17/h3-6H,7H2,1-2H3. The summed E-state index contributed by atoms with van der Waals surface area (Å²) in [6.07, 6.45) is 0. The molecule has 0 bridgehead atoms. The van der Waals surface area contributed by atoms with Crippen LogP contribution in [0.15, 0.2) is 31.8 Å². The molecule has 0 fully saturated rings. The van der Waals surface area contributed by atoms with E-state index in [0.29, 0.717) is 17.7 Å². The number of benzene rings is 1. The van der Waals surface area contributed by atoms with Crippen LogP contribution in [-0.2, 0) is 5.41 Å². The lowest BCUT2D eigenvalue weighted by Crippen LogP contribution is -2.18. The van der Waals surface area contributed by atoms with E-state index in [-0.39, 0.29) is 11.2 Å². The van der Waals surface area contributed by atoms with Crippen molar-refractivity contribution in [3.8, 4) is 5.75 Å². The van der Waals surface area contributed by atoms with Crippen LogP contribution in [0.5, 0.6) is 5.75 Å². The zero-order valence-corrected chi connectivity index (χ0v) is 15.0. The van der Waals surface area contributed by atoms with E-state index in [9.17, 15) is 4.79 Å². The second-order valence-electron chi connectivity index (χ2n) is 5.45. The van der Waals surface area contributed by atoms with E-state index < -0.39 is 0 Å². The Balaban J connectivity index is 2.04. The molecular formula is C15H12Br2O2S. The van der Waals surface area contributed by atoms with Gasteiger partial charge in [-0.25, -0.2) is 0 Å². The number of hydrogen-bond acceptors (Lipinski definition) is 3. The van der Waals surface area contributed by atoms with Crippen LogP contribution >= 0.6 is 43.2 Å². The summed E-state index contributed by atoms with van der Waals surface area (Å²) < 4.78 is 7.45. The fourth-order valence-electron chi connectivity index (χ4n) is 2.31. The minimum absolute atomic E-state index is 0.0318. The maximum absolute atomic E-state index is 12.6. The molecule has 2 heterocycles. The summed E-state index contributed by atoms with van der Waals surface area (Å²) in [5.74, 6) is 0.918. The van der Waals surface area contributed by atoms with Gasteiger partial charge in [0.2, 0.25) is 0 Å². The Bertz CT molecular complexity index is 704. The first-order chi connectivity index (χ1) is 9.38. The molecule has 1 aromatic carbocycles. The molecule has 1 aliphatic rings. The van der Waals surface area contributed by atoms with Gasteiger partial charge in [-0.3, -0.25) is 4.79 Å². The number of carbonyl (C=O) groups is 1. The Kier molecular flexibility index (Phi) is 3.55. The first kappa shape index (κ1) is 14.3. The van der Waals surface area contributed by atoms with Crippen molar-refractivity contribution in [2.75, 3.05) is 6.61 Å². The van der Waals surface area contributed by atoms with Gasteiger partial charge in [0.05, 0.1) is 14.2 Å². The number of ketones is 1. The van der Waals surface area contributed by atoms with E-state index in [1.54, 1.807) is 0 Å². The molecule has 0 aliphatic carbocycles. The van der Waals surface area contributed by atoms with E-state index in [0.717, 1.165) is 18.9 Å². The van der Waals surface area contributed by atoms with Crippen molar-refractivity contribution in [2.45, 2.75) is 19.3 Å². The van der Waals surface area contributed by atoms with Crippen molar-refractivity contribution < 1.29 is 9.53 Å². The molecule has 0 saturated carbocycles. The maximum atomic E-state index is 12.6. The van der Waals surface area contributed by atoms with E-state index in [1.807, 2.05) is 24.3 Å². The largest absolute Gasteiger partial charge is 0.492 e. The lowest BCUT2D eigenvalue weighted by Gasteiger charge is -2.15. The third kappa shape index (κ3) is 2.36. The number of halogens is 2. The van der Waals surface area contributed by atoms with E-state index in [4.69, 9.17) is 4.74 Å². The first-order valence-corrected chi connectivity index (χ1v) is 8.55. The van der Waals surface area contributed by atoms with Crippen LogP contribution in [0.25, 0.3) is 0 Å². The lowest BCUT2D eigenvalue weighted by molar-refractivity contribution is 0.103.